The molecule has 1 amide bonds. The Labute approximate surface area is 131 Å². The maximum absolute atomic E-state index is 13.9. The van der Waals surface area contributed by atoms with E-state index in [4.69, 9.17) is 0 Å². The van der Waals surface area contributed by atoms with E-state index in [1.807, 2.05) is 0 Å². The van der Waals surface area contributed by atoms with Gasteiger partial charge >= 0.3 is 0 Å². The summed E-state index contributed by atoms with van der Waals surface area (Å²) in [4.78, 5) is 27.6. The number of carbonyl (C=O) groups is 1. The lowest BCUT2D eigenvalue weighted by molar-refractivity contribution is 0.0939. The first-order chi connectivity index (χ1) is 10.9. The number of rotatable bonds is 5. The summed E-state index contributed by atoms with van der Waals surface area (Å²) in [7, 11) is 3.30. The second-order valence-electron chi connectivity index (χ2n) is 5.24. The second-order valence-corrected chi connectivity index (χ2v) is 5.24. The Balaban J connectivity index is 2.20. The molecule has 0 aliphatic heterocycles. The molecular formula is C16H17F2N3O2. The van der Waals surface area contributed by atoms with Gasteiger partial charge in [0.05, 0.1) is 6.04 Å². The third kappa shape index (κ3) is 3.81. The molecule has 7 heteroatoms. The van der Waals surface area contributed by atoms with E-state index >= 15 is 0 Å². The number of halogens is 2. The molecule has 1 atom stereocenters. The van der Waals surface area contributed by atoms with Crippen LogP contribution in [0.3, 0.4) is 0 Å². The topological polar surface area (TPSA) is 65.2 Å². The molecule has 0 saturated heterocycles. The van der Waals surface area contributed by atoms with Gasteiger partial charge in [0.25, 0.3) is 11.5 Å². The van der Waals surface area contributed by atoms with E-state index in [1.165, 1.54) is 36.5 Å². The molecule has 0 spiro atoms. The van der Waals surface area contributed by atoms with Gasteiger partial charge in [-0.3, -0.25) is 9.59 Å². The molecule has 0 fully saturated rings. The van der Waals surface area contributed by atoms with Crippen molar-refractivity contribution in [3.63, 3.8) is 0 Å². The number of amides is 1. The summed E-state index contributed by atoms with van der Waals surface area (Å²) in [6, 6.07) is 5.81. The molecule has 0 radical (unpaired) electrons. The zero-order chi connectivity index (χ0) is 17.0. The van der Waals surface area contributed by atoms with Gasteiger partial charge in [-0.25, -0.2) is 8.78 Å². The zero-order valence-corrected chi connectivity index (χ0v) is 12.8. The number of carbonyl (C=O) groups excluding carboxylic acids is 1. The summed E-state index contributed by atoms with van der Waals surface area (Å²) in [6.45, 7) is -0.0436. The van der Waals surface area contributed by atoms with Crippen molar-refractivity contribution in [2.45, 2.75) is 6.04 Å². The summed E-state index contributed by atoms with van der Waals surface area (Å²) < 4.78 is 27.9. The minimum Gasteiger partial charge on any atom is -0.350 e. The third-order valence-corrected chi connectivity index (χ3v) is 3.48. The van der Waals surface area contributed by atoms with Gasteiger partial charge < -0.3 is 15.2 Å². The fourth-order valence-corrected chi connectivity index (χ4v) is 2.26. The van der Waals surface area contributed by atoms with E-state index in [9.17, 15) is 18.4 Å². The van der Waals surface area contributed by atoms with Gasteiger partial charge in [-0.1, -0.05) is 6.07 Å². The fraction of sp³-hybridized carbons (Fsp3) is 0.250. The number of nitrogens with zero attached hydrogens (tertiary/aromatic N) is 1. The van der Waals surface area contributed by atoms with Gasteiger partial charge in [-0.15, -0.1) is 0 Å². The summed E-state index contributed by atoms with van der Waals surface area (Å²) >= 11 is 0. The normalized spacial score (nSPS) is 12.2. The van der Waals surface area contributed by atoms with Crippen molar-refractivity contribution >= 4 is 5.91 Å². The summed E-state index contributed by atoms with van der Waals surface area (Å²) in [5, 5.41) is 2.54. The monoisotopic (exact) mass is 321 g/mol. The minimum atomic E-state index is -0.706. The average Bonchev–Trinajstić information content (AvgIpc) is 2.50. The first kappa shape index (κ1) is 16.8. The lowest BCUT2D eigenvalue weighted by Gasteiger charge is -2.25. The Morgan fingerprint density at radius 1 is 1.22 bits per heavy atom. The predicted molar refractivity (Wildman–Crippen MR) is 82.2 cm³/mol. The van der Waals surface area contributed by atoms with Crippen LogP contribution >= 0.6 is 0 Å². The lowest BCUT2D eigenvalue weighted by Crippen LogP contribution is -2.37. The first-order valence-corrected chi connectivity index (χ1v) is 6.98. The summed E-state index contributed by atoms with van der Waals surface area (Å²) in [5.41, 5.74) is -0.706. The van der Waals surface area contributed by atoms with Gasteiger partial charge in [0.15, 0.2) is 0 Å². The van der Waals surface area contributed by atoms with Crippen LogP contribution in [0.4, 0.5) is 8.78 Å². The first-order valence-electron chi connectivity index (χ1n) is 6.98. The zero-order valence-electron chi connectivity index (χ0n) is 12.8. The van der Waals surface area contributed by atoms with E-state index in [0.717, 1.165) is 0 Å². The Hall–Kier alpha value is -2.54. The smallest absolute Gasteiger partial charge is 0.260 e. The average molecular weight is 321 g/mol. The quantitative estimate of drug-likeness (QED) is 0.881. The molecule has 0 aliphatic carbocycles. The number of nitrogens with one attached hydrogen (secondary N) is 2. The van der Waals surface area contributed by atoms with Gasteiger partial charge in [-0.05, 0) is 38.4 Å². The maximum Gasteiger partial charge on any atom is 0.260 e. The fourth-order valence-electron chi connectivity index (χ4n) is 2.26. The molecule has 1 heterocycles. The number of pyridine rings is 1. The largest absolute Gasteiger partial charge is 0.350 e. The van der Waals surface area contributed by atoms with Gasteiger partial charge in [0, 0.05) is 18.3 Å². The van der Waals surface area contributed by atoms with E-state index in [2.05, 4.69) is 10.3 Å². The highest BCUT2D eigenvalue weighted by Gasteiger charge is 2.23. The molecule has 2 rings (SSSR count). The van der Waals surface area contributed by atoms with Crippen molar-refractivity contribution in [3.05, 3.63) is 69.6 Å². The molecule has 2 N–H and O–H groups in total. The van der Waals surface area contributed by atoms with Crippen molar-refractivity contribution in [1.29, 1.82) is 0 Å². The molecule has 1 aromatic heterocycles. The third-order valence-electron chi connectivity index (χ3n) is 3.48. The van der Waals surface area contributed by atoms with Crippen LogP contribution in [0.25, 0.3) is 0 Å². The van der Waals surface area contributed by atoms with Gasteiger partial charge in [-0.2, -0.15) is 0 Å². The van der Waals surface area contributed by atoms with E-state index in [1.54, 1.807) is 19.0 Å². The number of hydrogen-bond acceptors (Lipinski definition) is 3. The van der Waals surface area contributed by atoms with Crippen LogP contribution in [0.1, 0.15) is 22.0 Å². The summed E-state index contributed by atoms with van der Waals surface area (Å²) in [6.07, 6.45) is 1.41. The van der Waals surface area contributed by atoms with Crippen LogP contribution in [-0.4, -0.2) is 36.4 Å². The molecule has 122 valence electrons. The Bertz CT molecular complexity index is 739. The van der Waals surface area contributed by atoms with E-state index in [0.29, 0.717) is 0 Å². The number of H-pyrrole nitrogens is 1. The van der Waals surface area contributed by atoms with E-state index in [-0.39, 0.29) is 17.7 Å². The maximum atomic E-state index is 13.9. The Morgan fingerprint density at radius 2 is 1.87 bits per heavy atom. The van der Waals surface area contributed by atoms with Crippen LogP contribution in [0.5, 0.6) is 0 Å². The van der Waals surface area contributed by atoms with Crippen molar-refractivity contribution in [1.82, 2.24) is 15.2 Å². The van der Waals surface area contributed by atoms with Crippen LogP contribution in [0, 0.1) is 11.6 Å². The molecular weight excluding hydrogens is 304 g/mol. The van der Waals surface area contributed by atoms with Crippen molar-refractivity contribution in [2.75, 3.05) is 20.6 Å². The summed E-state index contributed by atoms with van der Waals surface area (Å²) in [5.74, 6) is -1.97. The van der Waals surface area contributed by atoms with Crippen LogP contribution in [-0.2, 0) is 0 Å². The molecule has 1 unspecified atom stereocenters. The standard InChI is InChI=1S/C16H17F2N3O2/c1-21(2)13(14-11(17)6-3-7-12(14)18)9-20-16(23)10-5-4-8-19-15(10)22/h3-8,13H,9H2,1-2H3,(H,19,22)(H,20,23). The highest BCUT2D eigenvalue weighted by atomic mass is 19.1. The molecule has 2 aromatic rings. The number of benzene rings is 1. The molecule has 5 nitrogen and oxygen atoms in total. The van der Waals surface area contributed by atoms with Crippen molar-refractivity contribution in [2.24, 2.45) is 0 Å². The van der Waals surface area contributed by atoms with Crippen molar-refractivity contribution < 1.29 is 13.6 Å². The molecule has 0 aliphatic rings. The van der Waals surface area contributed by atoms with Crippen LogP contribution < -0.4 is 10.9 Å². The Morgan fingerprint density at radius 3 is 2.43 bits per heavy atom. The lowest BCUT2D eigenvalue weighted by atomic mass is 10.0. The number of aromatic amines is 1. The molecule has 23 heavy (non-hydrogen) atoms. The Kier molecular flexibility index (Phi) is 5.23. The second kappa shape index (κ2) is 7.15. The van der Waals surface area contributed by atoms with Crippen molar-refractivity contribution in [3.8, 4) is 0 Å². The molecule has 0 saturated carbocycles. The SMILES string of the molecule is CN(C)C(CNC(=O)c1ccc[nH]c1=O)c1c(F)cccc1F. The highest BCUT2D eigenvalue weighted by Crippen LogP contribution is 2.23. The minimum absolute atomic E-state index is 0.0436. The number of aromatic nitrogens is 1. The number of hydrogen-bond donors (Lipinski definition) is 2. The molecule has 0 bridgehead atoms. The predicted octanol–water partition coefficient (Wildman–Crippen LogP) is 1.69. The van der Waals surface area contributed by atoms with Crippen LogP contribution in [0.2, 0.25) is 0 Å². The molecule has 1 aromatic carbocycles. The van der Waals surface area contributed by atoms with Gasteiger partial charge in [0.1, 0.15) is 17.2 Å². The highest BCUT2D eigenvalue weighted by molar-refractivity contribution is 5.93. The van der Waals surface area contributed by atoms with E-state index < -0.39 is 29.1 Å². The van der Waals surface area contributed by atoms with Crippen LogP contribution in [0.15, 0.2) is 41.3 Å². The van der Waals surface area contributed by atoms with Gasteiger partial charge in [0.2, 0.25) is 0 Å². The number of likely N-dealkylation sites (N-methyl/N-ethyl adjacent to an activating group) is 1.